The third kappa shape index (κ3) is 4.41. The van der Waals surface area contributed by atoms with Gasteiger partial charge in [-0.05, 0) is 31.4 Å². The van der Waals surface area contributed by atoms with Crippen LogP contribution >= 0.6 is 0 Å². The van der Waals surface area contributed by atoms with E-state index in [0.29, 0.717) is 24.1 Å². The number of nitrogens with one attached hydrogen (secondary N) is 1. The standard InChI is InChI=1S/C20H16F3N3O2/c1-2-28-16(27)9-5-7-12-6-3-4-8-15(12)26-20-14(11-25)17(21)13(10-24)18(22)19(20)23/h3-4,6,8,26H,2,5,7,9H2,1H3. The molecule has 5 nitrogen and oxygen atoms in total. The van der Waals surface area contributed by atoms with Crippen LogP contribution in [0.5, 0.6) is 0 Å². The second-order valence-corrected chi connectivity index (χ2v) is 5.73. The molecule has 2 aromatic rings. The Morgan fingerprint density at radius 3 is 2.39 bits per heavy atom. The van der Waals surface area contributed by atoms with E-state index in [9.17, 15) is 18.0 Å². The molecule has 0 aliphatic heterocycles. The summed E-state index contributed by atoms with van der Waals surface area (Å²) in [4.78, 5) is 11.4. The predicted octanol–water partition coefficient (Wildman–Crippen LogP) is 4.48. The maximum atomic E-state index is 14.4. The van der Waals surface area contributed by atoms with Crippen molar-refractivity contribution in [3.8, 4) is 12.1 Å². The van der Waals surface area contributed by atoms with Crippen LogP contribution in [-0.4, -0.2) is 12.6 Å². The van der Waals surface area contributed by atoms with E-state index >= 15 is 0 Å². The average molecular weight is 387 g/mol. The largest absolute Gasteiger partial charge is 0.466 e. The highest BCUT2D eigenvalue weighted by Gasteiger charge is 2.25. The van der Waals surface area contributed by atoms with Gasteiger partial charge in [-0.2, -0.15) is 10.5 Å². The van der Waals surface area contributed by atoms with Gasteiger partial charge in [0.25, 0.3) is 0 Å². The molecule has 0 radical (unpaired) electrons. The minimum atomic E-state index is -1.67. The summed E-state index contributed by atoms with van der Waals surface area (Å²) in [5.74, 6) is -4.95. The minimum absolute atomic E-state index is 0.181. The molecule has 0 bridgehead atoms. The fourth-order valence-corrected chi connectivity index (χ4v) is 2.63. The first-order valence-electron chi connectivity index (χ1n) is 8.45. The molecule has 28 heavy (non-hydrogen) atoms. The van der Waals surface area contributed by atoms with Gasteiger partial charge < -0.3 is 10.1 Å². The highest BCUT2D eigenvalue weighted by Crippen LogP contribution is 2.32. The number of hydrogen-bond acceptors (Lipinski definition) is 5. The molecule has 2 rings (SSSR count). The van der Waals surface area contributed by atoms with Crippen LogP contribution in [0.15, 0.2) is 24.3 Å². The number of para-hydroxylation sites is 1. The molecule has 0 fully saturated rings. The molecule has 0 aliphatic rings. The van der Waals surface area contributed by atoms with E-state index in [1.165, 1.54) is 12.1 Å². The molecular weight excluding hydrogens is 371 g/mol. The van der Waals surface area contributed by atoms with Crippen molar-refractivity contribution < 1.29 is 22.7 Å². The Balaban J connectivity index is 2.34. The average Bonchev–Trinajstić information content (AvgIpc) is 2.68. The van der Waals surface area contributed by atoms with Crippen molar-refractivity contribution in [2.75, 3.05) is 11.9 Å². The van der Waals surface area contributed by atoms with Crippen molar-refractivity contribution in [2.45, 2.75) is 26.2 Å². The quantitative estimate of drug-likeness (QED) is 0.559. The first-order valence-corrected chi connectivity index (χ1v) is 8.45. The normalized spacial score (nSPS) is 10.1. The number of nitriles is 2. The Kier molecular flexibility index (Phi) is 7.00. The summed E-state index contributed by atoms with van der Waals surface area (Å²) in [6, 6.07) is 9.27. The molecule has 0 heterocycles. The lowest BCUT2D eigenvalue weighted by molar-refractivity contribution is -0.143. The molecule has 8 heteroatoms. The van der Waals surface area contributed by atoms with Crippen LogP contribution < -0.4 is 5.32 Å². The number of anilines is 2. The predicted molar refractivity (Wildman–Crippen MR) is 95.0 cm³/mol. The Hall–Kier alpha value is -3.52. The van der Waals surface area contributed by atoms with E-state index < -0.39 is 34.3 Å². The number of halogens is 3. The Morgan fingerprint density at radius 2 is 1.75 bits per heavy atom. The molecule has 0 amide bonds. The van der Waals surface area contributed by atoms with Gasteiger partial charge in [0.2, 0.25) is 0 Å². The van der Waals surface area contributed by atoms with Crippen LogP contribution in [0.4, 0.5) is 24.5 Å². The topological polar surface area (TPSA) is 85.9 Å². The third-order valence-electron chi connectivity index (χ3n) is 3.95. The van der Waals surface area contributed by atoms with E-state index in [4.69, 9.17) is 15.3 Å². The van der Waals surface area contributed by atoms with Gasteiger partial charge in [-0.1, -0.05) is 18.2 Å². The van der Waals surface area contributed by atoms with Gasteiger partial charge >= 0.3 is 5.97 Å². The van der Waals surface area contributed by atoms with Crippen LogP contribution in [-0.2, 0) is 16.0 Å². The fourth-order valence-electron chi connectivity index (χ4n) is 2.63. The number of esters is 1. The number of ether oxygens (including phenoxy) is 1. The summed E-state index contributed by atoms with van der Waals surface area (Å²) in [5.41, 5.74) is -1.65. The first-order chi connectivity index (χ1) is 13.4. The maximum absolute atomic E-state index is 14.4. The Labute approximate surface area is 160 Å². The van der Waals surface area contributed by atoms with Crippen LogP contribution in [0.2, 0.25) is 0 Å². The van der Waals surface area contributed by atoms with Gasteiger partial charge in [0.15, 0.2) is 17.5 Å². The molecule has 0 aromatic heterocycles. The number of hydrogen-bond donors (Lipinski definition) is 1. The van der Waals surface area contributed by atoms with E-state index in [1.807, 2.05) is 0 Å². The zero-order valence-electron chi connectivity index (χ0n) is 15.0. The fraction of sp³-hybridized carbons (Fsp3) is 0.250. The van der Waals surface area contributed by atoms with Gasteiger partial charge in [-0.25, -0.2) is 13.2 Å². The molecule has 0 saturated carbocycles. The molecule has 0 spiro atoms. The van der Waals surface area contributed by atoms with E-state index in [0.717, 1.165) is 0 Å². The van der Waals surface area contributed by atoms with E-state index in [-0.39, 0.29) is 19.0 Å². The van der Waals surface area contributed by atoms with Crippen LogP contribution in [0.3, 0.4) is 0 Å². The third-order valence-corrected chi connectivity index (χ3v) is 3.95. The number of aryl methyl sites for hydroxylation is 1. The van der Waals surface area contributed by atoms with Crippen LogP contribution in [0.1, 0.15) is 36.5 Å². The van der Waals surface area contributed by atoms with Crippen molar-refractivity contribution in [3.63, 3.8) is 0 Å². The van der Waals surface area contributed by atoms with E-state index in [1.54, 1.807) is 31.2 Å². The van der Waals surface area contributed by atoms with Crippen molar-refractivity contribution in [2.24, 2.45) is 0 Å². The van der Waals surface area contributed by atoms with Gasteiger partial charge in [0, 0.05) is 12.1 Å². The van der Waals surface area contributed by atoms with Crippen molar-refractivity contribution >= 4 is 17.3 Å². The maximum Gasteiger partial charge on any atom is 0.305 e. The highest BCUT2D eigenvalue weighted by molar-refractivity contribution is 5.72. The summed E-state index contributed by atoms with van der Waals surface area (Å²) in [7, 11) is 0. The number of rotatable bonds is 7. The van der Waals surface area contributed by atoms with E-state index in [2.05, 4.69) is 5.32 Å². The Bertz CT molecular complexity index is 978. The summed E-state index contributed by atoms with van der Waals surface area (Å²) >= 11 is 0. The zero-order chi connectivity index (χ0) is 20.7. The molecule has 0 saturated heterocycles. The summed E-state index contributed by atoms with van der Waals surface area (Å²) in [6.07, 6.45) is 1.04. The van der Waals surface area contributed by atoms with Crippen LogP contribution in [0.25, 0.3) is 0 Å². The second kappa shape index (κ2) is 9.43. The first kappa shape index (κ1) is 20.8. The molecule has 1 N–H and O–H groups in total. The van der Waals surface area contributed by atoms with Gasteiger partial charge in [0.05, 0.1) is 12.3 Å². The zero-order valence-corrected chi connectivity index (χ0v) is 15.0. The Morgan fingerprint density at radius 1 is 1.07 bits per heavy atom. The van der Waals surface area contributed by atoms with Gasteiger partial charge in [0.1, 0.15) is 23.3 Å². The SMILES string of the molecule is CCOC(=O)CCCc1ccccc1Nc1c(F)c(F)c(C#N)c(F)c1C#N. The number of nitrogens with zero attached hydrogens (tertiary/aromatic N) is 2. The van der Waals surface area contributed by atoms with Gasteiger partial charge in [-0.3, -0.25) is 4.79 Å². The number of carbonyl (C=O) groups excluding carboxylic acids is 1. The van der Waals surface area contributed by atoms with Crippen molar-refractivity contribution in [3.05, 3.63) is 58.4 Å². The monoisotopic (exact) mass is 387 g/mol. The number of benzene rings is 2. The lowest BCUT2D eigenvalue weighted by Gasteiger charge is -2.15. The highest BCUT2D eigenvalue weighted by atomic mass is 19.2. The lowest BCUT2D eigenvalue weighted by Crippen LogP contribution is -2.08. The lowest BCUT2D eigenvalue weighted by atomic mass is 10.0. The second-order valence-electron chi connectivity index (χ2n) is 5.73. The van der Waals surface area contributed by atoms with Crippen molar-refractivity contribution in [1.82, 2.24) is 0 Å². The molecule has 144 valence electrons. The summed E-state index contributed by atoms with van der Waals surface area (Å²) in [6.45, 7) is 1.98. The molecule has 0 unspecified atom stereocenters. The smallest absolute Gasteiger partial charge is 0.305 e. The summed E-state index contributed by atoms with van der Waals surface area (Å²) < 4.78 is 47.4. The number of carbonyl (C=O) groups is 1. The summed E-state index contributed by atoms with van der Waals surface area (Å²) in [5, 5.41) is 20.5. The molecule has 0 aliphatic carbocycles. The van der Waals surface area contributed by atoms with Crippen LogP contribution in [0, 0.1) is 40.1 Å². The molecule has 0 atom stereocenters. The minimum Gasteiger partial charge on any atom is -0.466 e. The van der Waals surface area contributed by atoms with Crippen molar-refractivity contribution in [1.29, 1.82) is 10.5 Å². The van der Waals surface area contributed by atoms with Gasteiger partial charge in [-0.15, -0.1) is 0 Å². The molecule has 2 aromatic carbocycles. The molecular formula is C20H16F3N3O2.